The molecule has 392 valence electrons. The Balaban J connectivity index is 1.11. The third kappa shape index (κ3) is 6.78. The van der Waals surface area contributed by atoms with Gasteiger partial charge in [-0.1, -0.05) is 67.9 Å². The number of nitrogens with zero attached hydrogens (tertiary/aromatic N) is 1. The molecule has 8 bridgehead atoms. The molecule has 5 aliphatic heterocycles. The largest absolute Gasteiger partial charge is 0.508 e. The number of benzene rings is 1. The normalized spacial score (nSPS) is 49.5. The summed E-state index contributed by atoms with van der Waals surface area (Å²) < 4.78 is 6.52. The number of phenols is 1. The minimum Gasteiger partial charge on any atom is -0.508 e. The van der Waals surface area contributed by atoms with Gasteiger partial charge in [-0.3, -0.25) is 9.59 Å². The maximum Gasteiger partial charge on any atom is 0.234 e. The average molecular weight is 1020 g/mol. The highest BCUT2D eigenvalue weighted by molar-refractivity contribution is 8.76. The number of aromatic hydroxyl groups is 1. The molecule has 0 radical (unpaired) electrons. The van der Waals surface area contributed by atoms with E-state index in [0.29, 0.717) is 73.9 Å². The average Bonchev–Trinajstić information content (AvgIpc) is 3.90. The van der Waals surface area contributed by atoms with Crippen LogP contribution in [0.15, 0.2) is 42.0 Å². The fourth-order valence-corrected chi connectivity index (χ4v) is 22.0. The lowest BCUT2D eigenvalue weighted by molar-refractivity contribution is -0.235. The van der Waals surface area contributed by atoms with E-state index >= 15 is 9.59 Å². The molecule has 7 fully saturated rings. The van der Waals surface area contributed by atoms with Crippen molar-refractivity contribution in [2.75, 3.05) is 44.0 Å². The van der Waals surface area contributed by atoms with Gasteiger partial charge >= 0.3 is 0 Å². The van der Waals surface area contributed by atoms with Gasteiger partial charge in [0.05, 0.1) is 35.2 Å². The maximum absolute atomic E-state index is 16.1. The summed E-state index contributed by atoms with van der Waals surface area (Å²) in [5.74, 6) is -1.10. The summed E-state index contributed by atoms with van der Waals surface area (Å²) in [5, 5.41) is 102. The van der Waals surface area contributed by atoms with E-state index in [-0.39, 0.29) is 67.3 Å². The first-order chi connectivity index (χ1) is 33.7. The predicted octanol–water partition coefficient (Wildman–Crippen LogP) is 5.68. The number of rotatable bonds is 7. The molecule has 13 nitrogen and oxygen atoms in total. The number of carbonyl (C=O) groups is 2. The Morgan fingerprint density at radius 2 is 1.77 bits per heavy atom. The summed E-state index contributed by atoms with van der Waals surface area (Å²) in [7, 11) is 4.56. The Kier molecular flexibility index (Phi) is 12.6. The first-order valence-corrected chi connectivity index (χ1v) is 29.5. The molecule has 15 heteroatoms. The van der Waals surface area contributed by atoms with Crippen LogP contribution in [0.5, 0.6) is 5.75 Å². The molecule has 4 spiro atoms. The number of nitrogens with one attached hydrogen (secondary N) is 1. The van der Waals surface area contributed by atoms with Crippen molar-refractivity contribution in [3.63, 3.8) is 0 Å². The van der Waals surface area contributed by atoms with Crippen molar-refractivity contribution in [1.82, 2.24) is 5.32 Å². The highest BCUT2D eigenvalue weighted by Gasteiger charge is 2.79. The molecule has 19 unspecified atom stereocenters. The van der Waals surface area contributed by atoms with E-state index in [0.717, 1.165) is 44.2 Å². The number of aryl methyl sites for hydroxylation is 1. The fraction of sp³-hybridized carbons (Fsp3) is 0.786. The predicted molar refractivity (Wildman–Crippen MR) is 273 cm³/mol. The number of anilines is 1. The van der Waals surface area contributed by atoms with Gasteiger partial charge in [-0.05, 0) is 173 Å². The monoisotopic (exact) mass is 1020 g/mol. The van der Waals surface area contributed by atoms with Gasteiger partial charge in [-0.25, -0.2) is 0 Å². The second kappa shape index (κ2) is 17.5. The summed E-state index contributed by atoms with van der Waals surface area (Å²) in [5.41, 5.74) is -9.89. The molecular weight excluding hydrogens is 941 g/mol. The van der Waals surface area contributed by atoms with Gasteiger partial charge < -0.3 is 55.8 Å². The number of carbonyl (C=O) groups excluding carboxylic acids is 2. The molecule has 1 amide bonds. The zero-order valence-corrected chi connectivity index (χ0v) is 44.0. The van der Waals surface area contributed by atoms with Crippen molar-refractivity contribution in [3.8, 4) is 5.75 Å². The number of hydrogen-bond acceptors (Lipinski definition) is 14. The number of allylic oxidation sites excluding steroid dienone is 2. The van der Waals surface area contributed by atoms with Crippen molar-refractivity contribution >= 4 is 39.0 Å². The molecule has 1 aromatic rings. The van der Waals surface area contributed by atoms with E-state index in [1.807, 2.05) is 31.0 Å². The van der Waals surface area contributed by atoms with E-state index in [9.17, 15) is 40.9 Å². The van der Waals surface area contributed by atoms with Crippen LogP contribution in [0.4, 0.5) is 5.69 Å². The maximum atomic E-state index is 16.1. The highest BCUT2D eigenvalue weighted by Crippen LogP contribution is 2.77. The third-order valence-electron chi connectivity index (χ3n) is 22.5. The number of fused-ring (bicyclic) bond motifs is 1. The van der Waals surface area contributed by atoms with Crippen LogP contribution < -0.4 is 10.2 Å². The molecule has 5 heterocycles. The Hall–Kier alpha value is -2.02. The number of amides is 1. The van der Waals surface area contributed by atoms with Gasteiger partial charge in [-0.2, -0.15) is 0 Å². The number of ketones is 1. The molecule has 5 saturated carbocycles. The summed E-state index contributed by atoms with van der Waals surface area (Å²) in [6.07, 6.45) is 10.0. The van der Waals surface area contributed by atoms with E-state index < -0.39 is 85.7 Å². The molecule has 7 aliphatic carbocycles. The van der Waals surface area contributed by atoms with Crippen molar-refractivity contribution < 1.29 is 55.2 Å². The number of hydrogen-bond donors (Lipinski definition) is 9. The first-order valence-electron chi connectivity index (χ1n) is 27.1. The highest BCUT2D eigenvalue weighted by atomic mass is 33.1. The fourth-order valence-electron chi connectivity index (χ4n) is 18.9. The van der Waals surface area contributed by atoms with Crippen LogP contribution in [0.1, 0.15) is 117 Å². The second-order valence-electron chi connectivity index (χ2n) is 25.5. The Bertz CT molecular complexity index is 2370. The minimum atomic E-state index is -2.00. The number of ether oxygens (including phenoxy) is 1. The van der Waals surface area contributed by atoms with Crippen LogP contribution in [0.3, 0.4) is 0 Å². The molecular formula is C56H80N2O11S2. The number of phenolic OH excluding ortho intramolecular Hbond substituents is 1. The van der Waals surface area contributed by atoms with Gasteiger partial charge in [0.1, 0.15) is 28.5 Å². The third-order valence-corrected chi connectivity index (χ3v) is 25.1. The lowest BCUT2D eigenvalue weighted by Gasteiger charge is -2.68. The molecule has 0 aromatic heterocycles. The Morgan fingerprint density at radius 3 is 2.51 bits per heavy atom. The van der Waals surface area contributed by atoms with Gasteiger partial charge in [0.25, 0.3) is 0 Å². The van der Waals surface area contributed by atoms with Crippen LogP contribution in [0, 0.1) is 74.4 Å². The van der Waals surface area contributed by atoms with Crippen molar-refractivity contribution in [2.24, 2.45) is 74.4 Å². The van der Waals surface area contributed by atoms with E-state index in [2.05, 4.69) is 32.2 Å². The quantitative estimate of drug-likeness (QED) is 0.0912. The Morgan fingerprint density at radius 1 is 0.986 bits per heavy atom. The SMILES string of the molecule is CNCC1CCC2(C1)CN1C(=O)C23C(CO)CCCC3CSSC(O)C23CC(O)C(O)(CO)CC2(C)C2CC4C=CCC(O)(C5OC5C(C)C(C)C)C5CCC(O)(C2=CC3=O)C45CCc2cc(O)cc1c2. The smallest absolute Gasteiger partial charge is 0.234 e. The van der Waals surface area contributed by atoms with E-state index in [1.54, 1.807) is 18.2 Å². The lowest BCUT2D eigenvalue weighted by atomic mass is 9.38. The molecule has 71 heavy (non-hydrogen) atoms. The Labute approximate surface area is 427 Å². The first kappa shape index (κ1) is 51.1. The summed E-state index contributed by atoms with van der Waals surface area (Å²) in [6.45, 7) is 8.74. The molecule has 13 rings (SSSR count). The van der Waals surface area contributed by atoms with Crippen LogP contribution in [0.25, 0.3) is 0 Å². The molecule has 9 N–H and O–H groups in total. The van der Waals surface area contributed by atoms with E-state index in [1.165, 1.54) is 21.6 Å². The zero-order valence-electron chi connectivity index (χ0n) is 42.4. The number of epoxide rings is 1. The van der Waals surface area contributed by atoms with Crippen LogP contribution in [-0.2, 0) is 20.7 Å². The van der Waals surface area contributed by atoms with Gasteiger partial charge in [0, 0.05) is 47.4 Å². The van der Waals surface area contributed by atoms with Crippen molar-refractivity contribution in [2.45, 2.75) is 158 Å². The summed E-state index contributed by atoms with van der Waals surface area (Å²) >= 11 is 0. The number of aliphatic hydroxyl groups excluding tert-OH is 4. The molecule has 12 aliphatic rings. The zero-order chi connectivity index (χ0) is 50.5. The summed E-state index contributed by atoms with van der Waals surface area (Å²) in [6, 6.07) is 5.47. The van der Waals surface area contributed by atoms with E-state index in [4.69, 9.17) is 4.74 Å². The van der Waals surface area contributed by atoms with Crippen molar-refractivity contribution in [3.05, 3.63) is 47.6 Å². The van der Waals surface area contributed by atoms with Crippen LogP contribution in [0.2, 0.25) is 0 Å². The van der Waals surface area contributed by atoms with Crippen LogP contribution >= 0.6 is 21.6 Å². The lowest BCUT2D eigenvalue weighted by Crippen LogP contribution is -2.72. The topological polar surface area (TPSA) is 224 Å². The molecule has 19 atom stereocenters. The molecule has 1 aromatic carbocycles. The van der Waals surface area contributed by atoms with Gasteiger partial charge in [0.15, 0.2) is 5.78 Å². The standard InChI is InChI=1S/C56H80N2O11S2/c1-31(2)32(3)45-46(69-45)54(67)14-7-10-35-20-40-41-22-43(62)53(24-44(63)51(66,30-60)28-49(40,53)4)48(65)71-70-27-37-9-6-8-36(26-59)56(37)47(64)58(29-50(56)15-11-34(23-50)25-57-5)38-18-33(19-39(61)21-38)12-16-52(35)42(54)13-17-55(41,52)68/h7,10,18-19,21-22,31-32,34-37,40,42,44-46,48,57,59-61,63,65-68H,6,8-9,11-17,20,23-30H2,1-5H3. The minimum absolute atomic E-state index is 0.0276. The van der Waals surface area contributed by atoms with Crippen molar-refractivity contribution in [1.29, 1.82) is 0 Å². The summed E-state index contributed by atoms with van der Waals surface area (Å²) in [4.78, 5) is 33.7. The van der Waals surface area contributed by atoms with Gasteiger partial charge in [0.2, 0.25) is 5.91 Å². The van der Waals surface area contributed by atoms with Gasteiger partial charge in [-0.15, -0.1) is 0 Å². The number of aliphatic hydroxyl groups is 7. The second-order valence-corrected chi connectivity index (χ2v) is 27.9. The van der Waals surface area contributed by atoms with Crippen LogP contribution in [-0.4, -0.2) is 132 Å². The molecule has 2 saturated heterocycles.